The van der Waals surface area contributed by atoms with Crippen LogP contribution in [0.4, 0.5) is 5.69 Å². The minimum Gasteiger partial charge on any atom is -0.506 e. The highest BCUT2D eigenvalue weighted by Crippen LogP contribution is 2.44. The third-order valence-electron chi connectivity index (χ3n) is 4.15. The number of carbonyl (C=O) groups is 2. The lowest BCUT2D eigenvalue weighted by atomic mass is 10.00. The van der Waals surface area contributed by atoms with Crippen LogP contribution in [0.1, 0.15) is 21.5 Å². The second kappa shape index (κ2) is 6.20. The first-order chi connectivity index (χ1) is 12.6. The number of aromatic hydroxyl groups is 1. The lowest BCUT2D eigenvalue weighted by Crippen LogP contribution is -2.30. The van der Waals surface area contributed by atoms with Gasteiger partial charge in [0.15, 0.2) is 5.76 Å². The van der Waals surface area contributed by atoms with Gasteiger partial charge in [-0.15, -0.1) is 11.3 Å². The molecule has 1 aliphatic rings. The predicted molar refractivity (Wildman–Crippen MR) is 95.3 cm³/mol. The third-order valence-corrected chi connectivity index (χ3v) is 5.02. The molecule has 1 unspecified atom stereocenters. The summed E-state index contributed by atoms with van der Waals surface area (Å²) in [7, 11) is 0. The van der Waals surface area contributed by atoms with Crippen LogP contribution in [0, 0.1) is 0 Å². The smallest absolute Gasteiger partial charge is 0.294 e. The molecule has 0 aliphatic carbocycles. The van der Waals surface area contributed by atoms with Gasteiger partial charge in [0.1, 0.15) is 17.6 Å². The van der Waals surface area contributed by atoms with Gasteiger partial charge in [0, 0.05) is 0 Å². The maximum absolute atomic E-state index is 12.9. The van der Waals surface area contributed by atoms with Crippen molar-refractivity contribution in [3.8, 4) is 5.75 Å². The van der Waals surface area contributed by atoms with Crippen LogP contribution in [0.3, 0.4) is 0 Å². The number of Topliss-reactive ketones (excluding diaryl/α,β-unsaturated/α-hetero) is 1. The van der Waals surface area contributed by atoms with Gasteiger partial charge in [0.05, 0.1) is 22.4 Å². The topological polar surface area (TPSA) is 91.0 Å². The number of amides is 1. The molecule has 1 aliphatic heterocycles. The van der Waals surface area contributed by atoms with E-state index >= 15 is 0 Å². The number of thiophene rings is 1. The Hall–Kier alpha value is -3.32. The summed E-state index contributed by atoms with van der Waals surface area (Å²) in [5.74, 6) is -1.70. The average molecular weight is 367 g/mol. The first kappa shape index (κ1) is 16.2. The fraction of sp³-hybridized carbons (Fsp3) is 0.0526. The summed E-state index contributed by atoms with van der Waals surface area (Å²) in [5, 5.41) is 22.4. The maximum atomic E-state index is 12.9. The Morgan fingerprint density at radius 3 is 2.54 bits per heavy atom. The standard InChI is InChI=1S/C19H13NO5S/c21-12-6-2-1-5-11(12)20-16(13-7-3-9-25-13)15(18(23)19(20)24)17(22)14-8-4-10-26-14/h1-10,16,21,23H. The van der Waals surface area contributed by atoms with Crippen molar-refractivity contribution in [3.05, 3.63) is 82.1 Å². The summed E-state index contributed by atoms with van der Waals surface area (Å²) in [6.07, 6.45) is 1.42. The van der Waals surface area contributed by atoms with Gasteiger partial charge in [0.25, 0.3) is 5.91 Å². The van der Waals surface area contributed by atoms with Gasteiger partial charge in [-0.05, 0) is 35.7 Å². The van der Waals surface area contributed by atoms with Crippen LogP contribution in [-0.2, 0) is 4.79 Å². The monoisotopic (exact) mass is 367 g/mol. The molecule has 6 nitrogen and oxygen atoms in total. The van der Waals surface area contributed by atoms with E-state index in [9.17, 15) is 19.8 Å². The van der Waals surface area contributed by atoms with Gasteiger partial charge < -0.3 is 14.6 Å². The zero-order valence-corrected chi connectivity index (χ0v) is 14.1. The summed E-state index contributed by atoms with van der Waals surface area (Å²) in [6.45, 7) is 0. The molecule has 1 atom stereocenters. The van der Waals surface area contributed by atoms with E-state index in [1.54, 1.807) is 41.8 Å². The summed E-state index contributed by atoms with van der Waals surface area (Å²) >= 11 is 1.22. The Morgan fingerprint density at radius 2 is 1.88 bits per heavy atom. The van der Waals surface area contributed by atoms with Gasteiger partial charge in [0.2, 0.25) is 5.78 Å². The number of para-hydroxylation sites is 2. The first-order valence-corrected chi connectivity index (χ1v) is 8.64. The molecule has 1 aromatic carbocycles. The zero-order chi connectivity index (χ0) is 18.3. The van der Waals surface area contributed by atoms with E-state index in [1.807, 2.05) is 0 Å². The van der Waals surface area contributed by atoms with Crippen LogP contribution in [0.25, 0.3) is 0 Å². The van der Waals surface area contributed by atoms with Crippen LogP contribution in [0.2, 0.25) is 0 Å². The fourth-order valence-electron chi connectivity index (χ4n) is 3.01. The highest BCUT2D eigenvalue weighted by Gasteiger charge is 2.46. The number of carbonyl (C=O) groups excluding carboxylic acids is 2. The van der Waals surface area contributed by atoms with Gasteiger partial charge in [-0.2, -0.15) is 0 Å². The van der Waals surface area contributed by atoms with E-state index in [4.69, 9.17) is 4.42 Å². The largest absolute Gasteiger partial charge is 0.506 e. The number of hydrogen-bond acceptors (Lipinski definition) is 6. The van der Waals surface area contributed by atoms with E-state index in [1.165, 1.54) is 34.6 Å². The predicted octanol–water partition coefficient (Wildman–Crippen LogP) is 3.83. The lowest BCUT2D eigenvalue weighted by molar-refractivity contribution is -0.117. The molecular formula is C19H13NO5S. The van der Waals surface area contributed by atoms with Crippen molar-refractivity contribution in [1.29, 1.82) is 0 Å². The van der Waals surface area contributed by atoms with Crippen molar-refractivity contribution in [1.82, 2.24) is 0 Å². The minimum atomic E-state index is -0.972. The first-order valence-electron chi connectivity index (χ1n) is 7.76. The Balaban J connectivity index is 1.89. The Kier molecular flexibility index (Phi) is 3.85. The molecule has 130 valence electrons. The van der Waals surface area contributed by atoms with E-state index in [2.05, 4.69) is 0 Å². The van der Waals surface area contributed by atoms with Crippen molar-refractivity contribution >= 4 is 28.7 Å². The molecular weight excluding hydrogens is 354 g/mol. The van der Waals surface area contributed by atoms with Crippen molar-refractivity contribution in [2.75, 3.05) is 4.90 Å². The van der Waals surface area contributed by atoms with Gasteiger partial charge >= 0.3 is 0 Å². The summed E-state index contributed by atoms with van der Waals surface area (Å²) in [5.41, 5.74) is 0.107. The van der Waals surface area contributed by atoms with Gasteiger partial charge in [-0.1, -0.05) is 18.2 Å². The number of hydrogen-bond donors (Lipinski definition) is 2. The molecule has 4 rings (SSSR count). The Labute approximate surface area is 152 Å². The molecule has 2 aromatic heterocycles. The molecule has 7 heteroatoms. The van der Waals surface area contributed by atoms with E-state index in [0.717, 1.165) is 0 Å². The van der Waals surface area contributed by atoms with Crippen molar-refractivity contribution < 1.29 is 24.2 Å². The molecule has 1 amide bonds. The Morgan fingerprint density at radius 1 is 1.08 bits per heavy atom. The number of benzene rings is 1. The molecule has 3 heterocycles. The molecule has 0 spiro atoms. The second-order valence-electron chi connectivity index (χ2n) is 5.65. The third kappa shape index (κ3) is 2.41. The number of furan rings is 1. The van der Waals surface area contributed by atoms with E-state index in [0.29, 0.717) is 10.6 Å². The highest BCUT2D eigenvalue weighted by atomic mass is 32.1. The molecule has 3 aromatic rings. The molecule has 0 saturated carbocycles. The molecule has 0 bridgehead atoms. The number of phenolic OH excluding ortho intramolecular Hbond substituents is 1. The number of rotatable bonds is 4. The lowest BCUT2D eigenvalue weighted by Gasteiger charge is -2.25. The molecule has 0 saturated heterocycles. The normalized spacial score (nSPS) is 17.2. The number of aliphatic hydroxyl groups excluding tert-OH is 1. The minimum absolute atomic E-state index is 0.0735. The number of ketones is 1. The summed E-state index contributed by atoms with van der Waals surface area (Å²) in [4.78, 5) is 27.3. The summed E-state index contributed by atoms with van der Waals surface area (Å²) in [6, 6.07) is 11.8. The summed E-state index contributed by atoms with van der Waals surface area (Å²) < 4.78 is 5.43. The number of nitrogens with zero attached hydrogens (tertiary/aromatic N) is 1. The maximum Gasteiger partial charge on any atom is 0.294 e. The van der Waals surface area contributed by atoms with E-state index in [-0.39, 0.29) is 17.0 Å². The average Bonchev–Trinajstić information content (AvgIpc) is 3.38. The van der Waals surface area contributed by atoms with Crippen LogP contribution >= 0.6 is 11.3 Å². The number of aliphatic hydroxyl groups is 1. The van der Waals surface area contributed by atoms with Crippen molar-refractivity contribution in [2.45, 2.75) is 6.04 Å². The fourth-order valence-corrected chi connectivity index (χ4v) is 3.69. The van der Waals surface area contributed by atoms with Crippen LogP contribution in [0.15, 0.2) is 75.9 Å². The van der Waals surface area contributed by atoms with Gasteiger partial charge in [-0.3, -0.25) is 14.5 Å². The molecule has 26 heavy (non-hydrogen) atoms. The number of phenols is 1. The number of anilines is 1. The molecule has 0 fully saturated rings. The van der Waals surface area contributed by atoms with E-state index < -0.39 is 23.5 Å². The van der Waals surface area contributed by atoms with Crippen molar-refractivity contribution in [2.24, 2.45) is 0 Å². The van der Waals surface area contributed by atoms with Gasteiger partial charge in [-0.25, -0.2) is 0 Å². The molecule has 0 radical (unpaired) electrons. The van der Waals surface area contributed by atoms with Crippen LogP contribution in [-0.4, -0.2) is 21.9 Å². The Bertz CT molecular complexity index is 1000. The van der Waals surface area contributed by atoms with Crippen molar-refractivity contribution in [3.63, 3.8) is 0 Å². The quantitative estimate of drug-likeness (QED) is 0.684. The van der Waals surface area contributed by atoms with Crippen LogP contribution in [0.5, 0.6) is 5.75 Å². The molecule has 2 N–H and O–H groups in total. The SMILES string of the molecule is O=C(C1=C(O)C(=O)N(c2ccccc2O)C1c1ccco1)c1cccs1. The van der Waals surface area contributed by atoms with Crippen LogP contribution < -0.4 is 4.90 Å². The highest BCUT2D eigenvalue weighted by molar-refractivity contribution is 7.12. The zero-order valence-electron chi connectivity index (χ0n) is 13.3. The second-order valence-corrected chi connectivity index (χ2v) is 6.60.